The van der Waals surface area contributed by atoms with Crippen LogP contribution in [0.5, 0.6) is 0 Å². The Morgan fingerprint density at radius 2 is 1.71 bits per heavy atom. The molecule has 1 saturated heterocycles. The largest absolute Gasteiger partial charge is 0.360 e. The van der Waals surface area contributed by atoms with Crippen LogP contribution in [0.1, 0.15) is 41.6 Å². The standard InChI is InChI=1S/C34H38N4O3/c35-27(18-21-10-2-1-3-11-21)33(40)31-30(23-13-5-4-12-22(23)19-37-31)32(39)25-15-7-9-17-29(25)38-34(41)26-20-36-28-16-8-6-14-24(26)28/h1-6,8,10-14,16,20,22-23,25,27,29-31,36-37H,7,9,15,17-19,35H2,(H,38,41)/t22?,23?,25-,27-,29+,30?,31?/m0/s1. The number of allylic oxidation sites excluding steroid dienone is 3. The molecule has 212 valence electrons. The summed E-state index contributed by atoms with van der Waals surface area (Å²) >= 11 is 0. The summed E-state index contributed by atoms with van der Waals surface area (Å²) in [5.74, 6) is -1.09. The molecule has 1 aromatic heterocycles. The summed E-state index contributed by atoms with van der Waals surface area (Å²) in [4.78, 5) is 45.0. The Balaban J connectivity index is 1.25. The van der Waals surface area contributed by atoms with Gasteiger partial charge in [0, 0.05) is 41.5 Å². The van der Waals surface area contributed by atoms with E-state index in [1.165, 1.54) is 0 Å². The van der Waals surface area contributed by atoms with Crippen LogP contribution in [0, 0.1) is 23.7 Å². The monoisotopic (exact) mass is 550 g/mol. The number of rotatable bonds is 8. The summed E-state index contributed by atoms with van der Waals surface area (Å²) in [7, 11) is 0. The number of aromatic nitrogens is 1. The maximum atomic E-state index is 14.5. The number of para-hydroxylation sites is 1. The van der Waals surface area contributed by atoms with Gasteiger partial charge in [-0.05, 0) is 42.7 Å². The molecule has 0 bridgehead atoms. The van der Waals surface area contributed by atoms with E-state index in [4.69, 9.17) is 5.73 Å². The lowest BCUT2D eigenvalue weighted by Gasteiger charge is -2.44. The first-order valence-electron chi connectivity index (χ1n) is 14.8. The predicted octanol–water partition coefficient (Wildman–Crippen LogP) is 4.11. The van der Waals surface area contributed by atoms with Gasteiger partial charge in [-0.1, -0.05) is 85.7 Å². The number of hydrogen-bond acceptors (Lipinski definition) is 5. The number of amides is 1. The predicted molar refractivity (Wildman–Crippen MR) is 160 cm³/mol. The van der Waals surface area contributed by atoms with Crippen molar-refractivity contribution in [2.45, 2.75) is 50.2 Å². The number of carbonyl (C=O) groups excluding carboxylic acids is 3. The maximum Gasteiger partial charge on any atom is 0.253 e. The van der Waals surface area contributed by atoms with Gasteiger partial charge in [0.1, 0.15) is 5.78 Å². The van der Waals surface area contributed by atoms with Gasteiger partial charge in [-0.2, -0.15) is 0 Å². The molecule has 3 aromatic rings. The number of hydrogen-bond donors (Lipinski definition) is 4. The molecule has 7 nitrogen and oxygen atoms in total. The molecule has 2 fully saturated rings. The van der Waals surface area contributed by atoms with Crippen molar-refractivity contribution in [3.05, 3.63) is 96.2 Å². The average Bonchev–Trinajstić information content (AvgIpc) is 3.45. The molecule has 7 heteroatoms. The van der Waals surface area contributed by atoms with Crippen LogP contribution in [-0.4, -0.2) is 47.1 Å². The Labute approximate surface area is 240 Å². The van der Waals surface area contributed by atoms with Crippen LogP contribution in [0.2, 0.25) is 0 Å². The number of ketones is 2. The van der Waals surface area contributed by atoms with E-state index in [0.717, 1.165) is 35.7 Å². The van der Waals surface area contributed by atoms with Crippen LogP contribution in [0.3, 0.4) is 0 Å². The lowest BCUT2D eigenvalue weighted by molar-refractivity contribution is -0.138. The van der Waals surface area contributed by atoms with Gasteiger partial charge in [0.2, 0.25) is 0 Å². The third-order valence-corrected chi connectivity index (χ3v) is 9.23. The van der Waals surface area contributed by atoms with E-state index in [2.05, 4.69) is 27.8 Å². The molecule has 5 N–H and O–H groups in total. The number of H-pyrrole nitrogens is 1. The van der Waals surface area contributed by atoms with E-state index in [0.29, 0.717) is 24.9 Å². The third-order valence-electron chi connectivity index (χ3n) is 9.23. The lowest BCUT2D eigenvalue weighted by Crippen LogP contribution is -2.62. The van der Waals surface area contributed by atoms with Gasteiger partial charge in [0.25, 0.3) is 5.91 Å². The van der Waals surface area contributed by atoms with E-state index in [9.17, 15) is 14.4 Å². The Hall–Kier alpha value is -3.81. The minimum atomic E-state index is -0.714. The van der Waals surface area contributed by atoms with Gasteiger partial charge in [-0.15, -0.1) is 0 Å². The number of benzene rings is 2. The number of aromatic amines is 1. The fourth-order valence-corrected chi connectivity index (χ4v) is 7.10. The molecular weight excluding hydrogens is 512 g/mol. The number of Topliss-reactive ketones (excluding diaryl/α,β-unsaturated/α-hetero) is 2. The van der Waals surface area contributed by atoms with Crippen molar-refractivity contribution >= 4 is 28.4 Å². The van der Waals surface area contributed by atoms with Gasteiger partial charge in [-0.25, -0.2) is 0 Å². The molecule has 1 aliphatic heterocycles. The fourth-order valence-electron chi connectivity index (χ4n) is 7.10. The number of piperidine rings is 1. The highest BCUT2D eigenvalue weighted by molar-refractivity contribution is 6.07. The zero-order chi connectivity index (χ0) is 28.3. The van der Waals surface area contributed by atoms with Crippen LogP contribution in [0.15, 0.2) is 85.1 Å². The normalized spacial score (nSPS) is 28.1. The second-order valence-corrected chi connectivity index (χ2v) is 11.7. The van der Waals surface area contributed by atoms with Gasteiger partial charge in [0.15, 0.2) is 5.78 Å². The topological polar surface area (TPSA) is 117 Å². The first-order chi connectivity index (χ1) is 20.0. The summed E-state index contributed by atoms with van der Waals surface area (Å²) in [6, 6.07) is 15.8. The van der Waals surface area contributed by atoms with Crippen LogP contribution in [0.25, 0.3) is 10.9 Å². The van der Waals surface area contributed by atoms with Crippen molar-refractivity contribution in [1.82, 2.24) is 15.6 Å². The summed E-state index contributed by atoms with van der Waals surface area (Å²) < 4.78 is 0. The van der Waals surface area contributed by atoms with Gasteiger partial charge < -0.3 is 21.4 Å². The van der Waals surface area contributed by atoms with E-state index in [-0.39, 0.29) is 41.3 Å². The van der Waals surface area contributed by atoms with Crippen LogP contribution in [0.4, 0.5) is 0 Å². The van der Waals surface area contributed by atoms with Gasteiger partial charge in [-0.3, -0.25) is 14.4 Å². The summed E-state index contributed by atoms with van der Waals surface area (Å²) in [6.45, 7) is 0.620. The number of carbonyl (C=O) groups is 3. The van der Waals surface area contributed by atoms with E-state index in [1.807, 2.05) is 66.7 Å². The quantitative estimate of drug-likeness (QED) is 0.337. The molecule has 3 aliphatic rings. The molecular formula is C34H38N4O3. The Morgan fingerprint density at radius 1 is 0.951 bits per heavy atom. The summed E-state index contributed by atoms with van der Waals surface area (Å²) in [5.41, 5.74) is 8.97. The minimum absolute atomic E-state index is 0.0568. The van der Waals surface area contributed by atoms with Crippen LogP contribution in [-0.2, 0) is 16.0 Å². The molecule has 2 aromatic carbocycles. The summed E-state index contributed by atoms with van der Waals surface area (Å²) in [6.07, 6.45) is 13.7. The minimum Gasteiger partial charge on any atom is -0.360 e. The van der Waals surface area contributed by atoms with Crippen LogP contribution < -0.4 is 16.4 Å². The van der Waals surface area contributed by atoms with E-state index >= 15 is 0 Å². The molecule has 0 radical (unpaired) electrons. The van der Waals surface area contributed by atoms with Crippen molar-refractivity contribution in [3.63, 3.8) is 0 Å². The summed E-state index contributed by atoms with van der Waals surface area (Å²) in [5, 5.41) is 7.50. The molecule has 41 heavy (non-hydrogen) atoms. The molecule has 1 saturated carbocycles. The van der Waals surface area contributed by atoms with Crippen molar-refractivity contribution in [1.29, 1.82) is 0 Å². The second kappa shape index (κ2) is 12.0. The van der Waals surface area contributed by atoms with E-state index in [1.54, 1.807) is 6.20 Å². The lowest BCUT2D eigenvalue weighted by atomic mass is 9.65. The maximum absolute atomic E-state index is 14.5. The van der Waals surface area contributed by atoms with Crippen molar-refractivity contribution in [2.75, 3.05) is 6.54 Å². The van der Waals surface area contributed by atoms with Crippen molar-refractivity contribution in [2.24, 2.45) is 29.4 Å². The van der Waals surface area contributed by atoms with Crippen molar-refractivity contribution < 1.29 is 14.4 Å². The Morgan fingerprint density at radius 3 is 2.56 bits per heavy atom. The van der Waals surface area contributed by atoms with Gasteiger partial charge in [0.05, 0.1) is 17.6 Å². The van der Waals surface area contributed by atoms with Crippen molar-refractivity contribution in [3.8, 4) is 0 Å². The average molecular weight is 551 g/mol. The second-order valence-electron chi connectivity index (χ2n) is 11.7. The first kappa shape index (κ1) is 27.4. The molecule has 1 amide bonds. The first-order valence-corrected chi connectivity index (χ1v) is 14.8. The Bertz CT molecular complexity index is 1480. The number of fused-ring (bicyclic) bond motifs is 2. The fraction of sp³-hybridized carbons (Fsp3) is 0.382. The highest BCUT2D eigenvalue weighted by atomic mass is 16.2. The zero-order valence-electron chi connectivity index (χ0n) is 23.2. The molecule has 0 spiro atoms. The molecule has 4 unspecified atom stereocenters. The number of nitrogens with two attached hydrogens (primary N) is 1. The molecule has 2 heterocycles. The molecule has 7 atom stereocenters. The highest BCUT2D eigenvalue weighted by Gasteiger charge is 2.49. The smallest absolute Gasteiger partial charge is 0.253 e. The third kappa shape index (κ3) is 5.56. The van der Waals surface area contributed by atoms with Gasteiger partial charge >= 0.3 is 0 Å². The molecule has 6 rings (SSSR count). The van der Waals surface area contributed by atoms with Crippen LogP contribution >= 0.6 is 0 Å². The highest BCUT2D eigenvalue weighted by Crippen LogP contribution is 2.39. The zero-order valence-corrected chi connectivity index (χ0v) is 23.2. The number of nitrogens with one attached hydrogen (secondary N) is 3. The SMILES string of the molecule is N[C@@H](Cc1ccccc1)C(=O)C1NCC2C=CC=CC2C1C(=O)[C@H]1CCCC[C@H]1NC(=O)c1c[nH]c2ccccc12. The Kier molecular flexibility index (Phi) is 7.99. The molecule has 2 aliphatic carbocycles. The van der Waals surface area contributed by atoms with E-state index < -0.39 is 18.0 Å².